The van der Waals surface area contributed by atoms with E-state index < -0.39 is 0 Å². The summed E-state index contributed by atoms with van der Waals surface area (Å²) in [7, 11) is 2.05. The minimum atomic E-state index is -0.316. The molecule has 182 valence electrons. The van der Waals surface area contributed by atoms with Crippen molar-refractivity contribution in [3.63, 3.8) is 0 Å². The van der Waals surface area contributed by atoms with E-state index in [9.17, 15) is 4.79 Å². The van der Waals surface area contributed by atoms with Crippen molar-refractivity contribution in [2.45, 2.75) is 44.8 Å². The molecule has 1 aromatic heterocycles. The molecule has 0 bridgehead atoms. The van der Waals surface area contributed by atoms with Gasteiger partial charge in [0.1, 0.15) is 5.82 Å². The van der Waals surface area contributed by atoms with Crippen molar-refractivity contribution in [3.05, 3.63) is 51.9 Å². The van der Waals surface area contributed by atoms with Crippen LogP contribution in [-0.2, 0) is 11.2 Å². The molecular formula is C24H33BrN8O. The highest BCUT2D eigenvalue weighted by atomic mass is 79.9. The quantitative estimate of drug-likeness (QED) is 0.289. The Morgan fingerprint density at radius 3 is 2.79 bits per heavy atom. The molecule has 1 saturated carbocycles. The number of aryl methyl sites for hydroxylation is 1. The molecule has 5 N–H and O–H groups in total. The SMILES string of the molecule is CCN(C)CCNC(=O)CCc1ccc(NC2N=CC(Br)=C(Nc3cc(C4CC4)[nH]n3)N2)cc1. The van der Waals surface area contributed by atoms with Gasteiger partial charge in [0.15, 0.2) is 12.1 Å². The first-order valence-corrected chi connectivity index (χ1v) is 12.6. The van der Waals surface area contributed by atoms with Gasteiger partial charge in [-0.1, -0.05) is 19.1 Å². The van der Waals surface area contributed by atoms with E-state index in [1.165, 1.54) is 18.5 Å². The third kappa shape index (κ3) is 7.07. The Morgan fingerprint density at radius 1 is 1.26 bits per heavy atom. The molecule has 1 aliphatic carbocycles. The molecule has 2 heterocycles. The van der Waals surface area contributed by atoms with Crippen LogP contribution < -0.4 is 21.3 Å². The van der Waals surface area contributed by atoms with Gasteiger partial charge in [0.2, 0.25) is 5.91 Å². The van der Waals surface area contributed by atoms with Crippen molar-refractivity contribution < 1.29 is 4.79 Å². The minimum absolute atomic E-state index is 0.0889. The van der Waals surface area contributed by atoms with Crippen LogP contribution in [0.1, 0.15) is 43.4 Å². The summed E-state index contributed by atoms with van der Waals surface area (Å²) in [5, 5.41) is 20.5. The van der Waals surface area contributed by atoms with Crippen LogP contribution in [0.25, 0.3) is 0 Å². The first-order valence-electron chi connectivity index (χ1n) is 11.8. The molecule has 4 rings (SSSR count). The Morgan fingerprint density at radius 2 is 2.06 bits per heavy atom. The zero-order chi connectivity index (χ0) is 23.9. The van der Waals surface area contributed by atoms with Gasteiger partial charge in [0.05, 0.1) is 4.48 Å². The van der Waals surface area contributed by atoms with E-state index in [1.807, 2.05) is 31.3 Å². The number of aliphatic imine (C=N–C) groups is 1. The van der Waals surface area contributed by atoms with Crippen molar-refractivity contribution in [1.29, 1.82) is 0 Å². The van der Waals surface area contributed by atoms with Gasteiger partial charge in [-0.3, -0.25) is 9.89 Å². The minimum Gasteiger partial charge on any atom is -0.355 e. The lowest BCUT2D eigenvalue weighted by Crippen LogP contribution is -2.39. The molecule has 0 saturated heterocycles. The molecule has 0 radical (unpaired) electrons. The zero-order valence-corrected chi connectivity index (χ0v) is 21.3. The molecule has 0 spiro atoms. The van der Waals surface area contributed by atoms with Crippen LogP contribution in [0.2, 0.25) is 0 Å². The van der Waals surface area contributed by atoms with E-state index in [0.717, 1.165) is 40.5 Å². The number of halogens is 1. The van der Waals surface area contributed by atoms with Gasteiger partial charge >= 0.3 is 0 Å². The lowest BCUT2D eigenvalue weighted by atomic mass is 10.1. The Labute approximate surface area is 209 Å². The second kappa shape index (κ2) is 11.5. The lowest BCUT2D eigenvalue weighted by molar-refractivity contribution is -0.121. The van der Waals surface area contributed by atoms with Crippen molar-refractivity contribution in [1.82, 2.24) is 25.7 Å². The van der Waals surface area contributed by atoms with E-state index in [2.05, 4.69) is 70.3 Å². The number of hydrogen-bond donors (Lipinski definition) is 5. The summed E-state index contributed by atoms with van der Waals surface area (Å²) in [6, 6.07) is 10.2. The van der Waals surface area contributed by atoms with E-state index in [-0.39, 0.29) is 12.2 Å². The van der Waals surface area contributed by atoms with Crippen LogP contribution in [0, 0.1) is 0 Å². The highest BCUT2D eigenvalue weighted by Gasteiger charge is 2.26. The number of carbonyl (C=O) groups is 1. The van der Waals surface area contributed by atoms with Crippen LogP contribution in [0.15, 0.2) is 45.6 Å². The topological polar surface area (TPSA) is 109 Å². The maximum Gasteiger partial charge on any atom is 0.220 e. The smallest absolute Gasteiger partial charge is 0.220 e. The lowest BCUT2D eigenvalue weighted by Gasteiger charge is -2.24. The molecular weight excluding hydrogens is 496 g/mol. The number of aromatic nitrogens is 2. The van der Waals surface area contributed by atoms with Crippen LogP contribution >= 0.6 is 15.9 Å². The first-order chi connectivity index (χ1) is 16.5. The summed E-state index contributed by atoms with van der Waals surface area (Å²) in [6.07, 6.45) is 5.12. The van der Waals surface area contributed by atoms with Gasteiger partial charge < -0.3 is 26.2 Å². The van der Waals surface area contributed by atoms with Gasteiger partial charge in [-0.2, -0.15) is 5.10 Å². The number of carbonyl (C=O) groups excluding carboxylic acids is 1. The van der Waals surface area contributed by atoms with Gasteiger partial charge in [-0.25, -0.2) is 4.99 Å². The van der Waals surface area contributed by atoms with Gasteiger partial charge in [0.25, 0.3) is 0 Å². The molecule has 1 amide bonds. The van der Waals surface area contributed by atoms with Crippen LogP contribution in [-0.4, -0.2) is 60.2 Å². The highest BCUT2D eigenvalue weighted by Crippen LogP contribution is 2.39. The molecule has 1 atom stereocenters. The summed E-state index contributed by atoms with van der Waals surface area (Å²) < 4.78 is 0.830. The average Bonchev–Trinajstić information content (AvgIpc) is 3.59. The number of aromatic amines is 1. The second-order valence-corrected chi connectivity index (χ2v) is 9.60. The number of amides is 1. The molecule has 9 nitrogen and oxygen atoms in total. The van der Waals surface area contributed by atoms with E-state index in [4.69, 9.17) is 0 Å². The van der Waals surface area contributed by atoms with Gasteiger partial charge in [-0.15, -0.1) is 0 Å². The highest BCUT2D eigenvalue weighted by molar-refractivity contribution is 9.12. The fourth-order valence-corrected chi connectivity index (χ4v) is 3.90. The first kappa shape index (κ1) is 24.3. The zero-order valence-electron chi connectivity index (χ0n) is 19.7. The molecule has 10 heteroatoms. The largest absolute Gasteiger partial charge is 0.355 e. The fraction of sp³-hybridized carbons (Fsp3) is 0.458. The number of nitrogens with zero attached hydrogens (tertiary/aromatic N) is 3. The number of anilines is 2. The summed E-state index contributed by atoms with van der Waals surface area (Å²) in [6.45, 7) is 4.64. The number of benzene rings is 1. The van der Waals surface area contributed by atoms with Crippen molar-refractivity contribution in [2.24, 2.45) is 4.99 Å². The molecule has 2 aliphatic rings. The Bertz CT molecular complexity index is 1030. The molecule has 2 aromatic rings. The van der Waals surface area contributed by atoms with E-state index >= 15 is 0 Å². The van der Waals surface area contributed by atoms with Crippen LogP contribution in [0.5, 0.6) is 0 Å². The maximum atomic E-state index is 12.1. The summed E-state index contributed by atoms with van der Waals surface area (Å²) >= 11 is 3.54. The molecule has 1 aliphatic heterocycles. The Hall–Kier alpha value is -2.85. The number of allylic oxidation sites excluding steroid dienone is 1. The van der Waals surface area contributed by atoms with Crippen LogP contribution in [0.3, 0.4) is 0 Å². The number of hydrogen-bond acceptors (Lipinski definition) is 7. The third-order valence-corrected chi connectivity index (χ3v) is 6.58. The van der Waals surface area contributed by atoms with Crippen LogP contribution in [0.4, 0.5) is 11.5 Å². The number of nitrogens with one attached hydrogen (secondary N) is 5. The number of likely N-dealkylation sites (N-methyl/N-ethyl adjacent to an activating group) is 1. The molecule has 1 fully saturated rings. The molecule has 34 heavy (non-hydrogen) atoms. The normalized spacial score (nSPS) is 17.6. The molecule has 1 unspecified atom stereocenters. The van der Waals surface area contributed by atoms with Crippen molar-refractivity contribution in [2.75, 3.05) is 37.3 Å². The number of rotatable bonds is 12. The maximum absolute atomic E-state index is 12.1. The summed E-state index contributed by atoms with van der Waals surface area (Å²) in [4.78, 5) is 18.7. The number of H-pyrrole nitrogens is 1. The standard InChI is InChI=1S/C24H33BrN8O/c1-3-33(2)13-12-26-22(34)11-6-16-4-9-18(10-5-16)28-24-27-15-19(25)23(30-24)29-21-14-20(31-32-21)17-7-8-17/h4-5,9-10,14-15,17,24,28,30H,3,6-8,11-13H2,1-2H3,(H,26,34)(H2,29,31,32). The Kier molecular flexibility index (Phi) is 8.23. The van der Waals surface area contributed by atoms with E-state index in [1.54, 1.807) is 6.21 Å². The fourth-order valence-electron chi connectivity index (χ4n) is 3.56. The average molecular weight is 529 g/mol. The third-order valence-electron chi connectivity index (χ3n) is 5.98. The predicted molar refractivity (Wildman–Crippen MR) is 140 cm³/mol. The Balaban J connectivity index is 1.22. The molecule has 1 aromatic carbocycles. The monoisotopic (exact) mass is 528 g/mol. The summed E-state index contributed by atoms with van der Waals surface area (Å²) in [5.74, 6) is 2.29. The predicted octanol–water partition coefficient (Wildman–Crippen LogP) is 3.33. The van der Waals surface area contributed by atoms with Gasteiger partial charge in [-0.05, 0) is 66.5 Å². The second-order valence-electron chi connectivity index (χ2n) is 8.74. The van der Waals surface area contributed by atoms with Gasteiger partial charge in [0, 0.05) is 49.1 Å². The van der Waals surface area contributed by atoms with Crippen molar-refractivity contribution >= 4 is 39.6 Å². The summed E-state index contributed by atoms with van der Waals surface area (Å²) in [5.41, 5.74) is 3.25. The van der Waals surface area contributed by atoms with E-state index in [0.29, 0.717) is 25.3 Å². The van der Waals surface area contributed by atoms with Crippen molar-refractivity contribution in [3.8, 4) is 0 Å².